The number of aryl methyl sites for hydroxylation is 1. The lowest BCUT2D eigenvalue weighted by atomic mass is 10.3. The van der Waals surface area contributed by atoms with Gasteiger partial charge in [-0.1, -0.05) is 5.16 Å². The van der Waals surface area contributed by atoms with E-state index >= 15 is 0 Å². The van der Waals surface area contributed by atoms with Gasteiger partial charge in [0.25, 0.3) is 0 Å². The van der Waals surface area contributed by atoms with Crippen LogP contribution in [-0.4, -0.2) is 39.0 Å². The minimum atomic E-state index is -1.22. The van der Waals surface area contributed by atoms with Crippen molar-refractivity contribution in [2.24, 2.45) is 0 Å². The second-order valence-corrected chi connectivity index (χ2v) is 5.95. The third kappa shape index (κ3) is 3.17. The summed E-state index contributed by atoms with van der Waals surface area (Å²) in [6.45, 7) is 4.23. The van der Waals surface area contributed by atoms with Gasteiger partial charge in [0, 0.05) is 23.5 Å². The lowest BCUT2D eigenvalue weighted by molar-refractivity contribution is -0.113. The van der Waals surface area contributed by atoms with Crippen LogP contribution >= 0.6 is 0 Å². The van der Waals surface area contributed by atoms with Crippen molar-refractivity contribution in [3.05, 3.63) is 11.8 Å². The van der Waals surface area contributed by atoms with Gasteiger partial charge in [0.2, 0.25) is 5.91 Å². The molecular formula is C11H16N2O4S. The minimum absolute atomic E-state index is 0.0374. The maximum Gasteiger partial charge on any atom is 0.238 e. The van der Waals surface area contributed by atoms with Crippen LogP contribution in [0.15, 0.2) is 10.6 Å². The summed E-state index contributed by atoms with van der Waals surface area (Å²) < 4.78 is 22.2. The average Bonchev–Trinajstić information content (AvgIpc) is 2.87. The number of rotatable bonds is 4. The molecule has 0 spiro atoms. The molecule has 0 aromatic carbocycles. The highest BCUT2D eigenvalue weighted by atomic mass is 32.2. The third-order valence-electron chi connectivity index (χ3n) is 2.81. The van der Waals surface area contributed by atoms with E-state index in [4.69, 9.17) is 9.26 Å². The number of carbonyl (C=O) groups excluding carboxylic acids is 1. The molecule has 1 aromatic heterocycles. The van der Waals surface area contributed by atoms with Crippen molar-refractivity contribution >= 4 is 22.5 Å². The maximum absolute atomic E-state index is 12.0. The van der Waals surface area contributed by atoms with Crippen LogP contribution in [0.4, 0.5) is 5.82 Å². The molecule has 1 aromatic rings. The Morgan fingerprint density at radius 2 is 2.44 bits per heavy atom. The van der Waals surface area contributed by atoms with Gasteiger partial charge in [-0.3, -0.25) is 9.00 Å². The Morgan fingerprint density at radius 1 is 1.67 bits per heavy atom. The molecule has 0 bridgehead atoms. The van der Waals surface area contributed by atoms with Crippen LogP contribution in [0.5, 0.6) is 0 Å². The molecular weight excluding hydrogens is 256 g/mol. The molecule has 0 aliphatic carbocycles. The van der Waals surface area contributed by atoms with Crippen molar-refractivity contribution in [1.82, 2.24) is 5.16 Å². The molecule has 1 aliphatic rings. The van der Waals surface area contributed by atoms with E-state index in [2.05, 4.69) is 10.5 Å². The highest BCUT2D eigenvalue weighted by molar-refractivity contribution is 7.86. The van der Waals surface area contributed by atoms with Crippen molar-refractivity contribution < 1.29 is 18.3 Å². The molecule has 18 heavy (non-hydrogen) atoms. The predicted octanol–water partition coefficient (Wildman–Crippen LogP) is 0.848. The summed E-state index contributed by atoms with van der Waals surface area (Å²) in [5.74, 6) is 0.611. The lowest BCUT2D eigenvalue weighted by Crippen LogP contribution is -2.30. The number of hydrogen-bond acceptors (Lipinski definition) is 5. The SMILES string of the molecule is Cc1cc(NC(=O)C[S@@](=O)[C@H]2CCO[C@@H]2C)no1. The number of carbonyl (C=O) groups is 1. The number of aromatic nitrogens is 1. The summed E-state index contributed by atoms with van der Waals surface area (Å²) >= 11 is 0. The molecule has 3 atom stereocenters. The average molecular weight is 272 g/mol. The van der Waals surface area contributed by atoms with E-state index in [0.29, 0.717) is 18.2 Å². The Hall–Kier alpha value is -1.21. The zero-order chi connectivity index (χ0) is 13.1. The van der Waals surface area contributed by atoms with Crippen LogP contribution in [-0.2, 0) is 20.3 Å². The Bertz CT molecular complexity index is 460. The van der Waals surface area contributed by atoms with Gasteiger partial charge < -0.3 is 14.6 Å². The lowest BCUT2D eigenvalue weighted by Gasteiger charge is -2.12. The van der Waals surface area contributed by atoms with Crippen molar-refractivity contribution in [1.29, 1.82) is 0 Å². The monoisotopic (exact) mass is 272 g/mol. The van der Waals surface area contributed by atoms with Crippen molar-refractivity contribution in [2.75, 3.05) is 17.7 Å². The van der Waals surface area contributed by atoms with Gasteiger partial charge in [-0.05, 0) is 20.3 Å². The van der Waals surface area contributed by atoms with E-state index in [-0.39, 0.29) is 23.0 Å². The molecule has 2 heterocycles. The van der Waals surface area contributed by atoms with E-state index in [1.807, 2.05) is 6.92 Å². The van der Waals surface area contributed by atoms with Crippen LogP contribution in [0.2, 0.25) is 0 Å². The second-order valence-electron chi connectivity index (χ2n) is 4.30. The largest absolute Gasteiger partial charge is 0.377 e. The van der Waals surface area contributed by atoms with Crippen molar-refractivity contribution in [3.8, 4) is 0 Å². The van der Waals surface area contributed by atoms with Crippen molar-refractivity contribution in [3.63, 3.8) is 0 Å². The first kappa shape index (κ1) is 13.2. The quantitative estimate of drug-likeness (QED) is 0.878. The fourth-order valence-corrected chi connectivity index (χ4v) is 3.31. The first-order valence-corrected chi connectivity index (χ1v) is 7.16. The third-order valence-corrected chi connectivity index (χ3v) is 4.65. The number of amides is 1. The molecule has 2 rings (SSSR count). The predicted molar refractivity (Wildman–Crippen MR) is 66.7 cm³/mol. The van der Waals surface area contributed by atoms with Gasteiger partial charge in [0.05, 0.1) is 11.4 Å². The van der Waals surface area contributed by atoms with Gasteiger partial charge in [-0.25, -0.2) is 0 Å². The maximum atomic E-state index is 12.0. The fourth-order valence-electron chi connectivity index (χ4n) is 1.90. The number of nitrogens with zero attached hydrogens (tertiary/aromatic N) is 1. The van der Waals surface area contributed by atoms with Crippen molar-refractivity contribution in [2.45, 2.75) is 31.6 Å². The number of nitrogens with one attached hydrogen (secondary N) is 1. The molecule has 0 unspecified atom stereocenters. The summed E-state index contributed by atoms with van der Waals surface area (Å²) in [7, 11) is -1.22. The minimum Gasteiger partial charge on any atom is -0.377 e. The molecule has 1 fully saturated rings. The number of anilines is 1. The fraction of sp³-hybridized carbons (Fsp3) is 0.636. The number of ether oxygens (including phenoxy) is 1. The normalized spacial score (nSPS) is 25.0. The van der Waals surface area contributed by atoms with Gasteiger partial charge in [0.1, 0.15) is 11.5 Å². The highest BCUT2D eigenvalue weighted by Gasteiger charge is 2.30. The van der Waals surface area contributed by atoms with E-state index < -0.39 is 10.8 Å². The van der Waals surface area contributed by atoms with Crippen LogP contribution < -0.4 is 5.32 Å². The standard InChI is InChI=1S/C11H16N2O4S/c1-7-5-10(13-17-7)12-11(14)6-18(15)9-3-4-16-8(9)2/h5,8-9H,3-4,6H2,1-2H3,(H,12,13,14)/t8-,9+,18-/m1/s1. The summed E-state index contributed by atoms with van der Waals surface area (Å²) in [6.07, 6.45) is 0.692. The summed E-state index contributed by atoms with van der Waals surface area (Å²) in [6, 6.07) is 1.61. The van der Waals surface area contributed by atoms with Gasteiger partial charge >= 0.3 is 0 Å². The van der Waals surface area contributed by atoms with Crippen LogP contribution in [0.25, 0.3) is 0 Å². The van der Waals surface area contributed by atoms with Crippen LogP contribution in [0, 0.1) is 6.92 Å². The molecule has 7 heteroatoms. The highest BCUT2D eigenvalue weighted by Crippen LogP contribution is 2.19. The molecule has 1 amide bonds. The van der Waals surface area contributed by atoms with E-state index in [9.17, 15) is 9.00 Å². The van der Waals surface area contributed by atoms with E-state index in [0.717, 1.165) is 6.42 Å². The molecule has 1 N–H and O–H groups in total. The Labute approximate surface area is 108 Å². The van der Waals surface area contributed by atoms with E-state index in [1.54, 1.807) is 13.0 Å². The molecule has 1 aliphatic heterocycles. The Balaban J connectivity index is 1.85. The van der Waals surface area contributed by atoms with Gasteiger partial charge in [-0.15, -0.1) is 0 Å². The summed E-state index contributed by atoms with van der Waals surface area (Å²) in [5, 5.41) is 6.14. The zero-order valence-electron chi connectivity index (χ0n) is 10.3. The van der Waals surface area contributed by atoms with Gasteiger partial charge in [-0.2, -0.15) is 0 Å². The van der Waals surface area contributed by atoms with Crippen LogP contribution in [0.3, 0.4) is 0 Å². The molecule has 100 valence electrons. The second kappa shape index (κ2) is 5.62. The first-order chi connectivity index (χ1) is 8.56. The zero-order valence-corrected chi connectivity index (χ0v) is 11.2. The number of hydrogen-bond donors (Lipinski definition) is 1. The summed E-state index contributed by atoms with van der Waals surface area (Å²) in [5.41, 5.74) is 0. The molecule has 6 nitrogen and oxygen atoms in total. The Morgan fingerprint density at radius 3 is 3.00 bits per heavy atom. The summed E-state index contributed by atoms with van der Waals surface area (Å²) in [4.78, 5) is 11.7. The Kier molecular flexibility index (Phi) is 4.13. The van der Waals surface area contributed by atoms with E-state index in [1.165, 1.54) is 0 Å². The smallest absolute Gasteiger partial charge is 0.238 e. The molecule has 1 saturated heterocycles. The molecule has 0 saturated carbocycles. The van der Waals surface area contributed by atoms with Gasteiger partial charge in [0.15, 0.2) is 5.82 Å². The topological polar surface area (TPSA) is 81.4 Å². The first-order valence-electron chi connectivity index (χ1n) is 5.78. The molecule has 0 radical (unpaired) electrons. The van der Waals surface area contributed by atoms with Crippen LogP contribution in [0.1, 0.15) is 19.1 Å².